The van der Waals surface area contributed by atoms with Gasteiger partial charge in [0.25, 0.3) is 0 Å². The molecule has 0 saturated heterocycles. The van der Waals surface area contributed by atoms with Crippen molar-refractivity contribution in [1.82, 2.24) is 0 Å². The summed E-state index contributed by atoms with van der Waals surface area (Å²) in [6, 6.07) is 9.50. The van der Waals surface area contributed by atoms with E-state index < -0.39 is 0 Å². The third-order valence-electron chi connectivity index (χ3n) is 2.62. The molecule has 0 aliphatic carbocycles. The van der Waals surface area contributed by atoms with Crippen LogP contribution in [0.1, 0.15) is 16.5 Å². The molecule has 90 valence electrons. The first-order chi connectivity index (χ1) is 8.26. The van der Waals surface area contributed by atoms with E-state index in [0.29, 0.717) is 0 Å². The van der Waals surface area contributed by atoms with E-state index in [2.05, 4.69) is 0 Å². The fraction of sp³-hybridized carbons (Fsp3) is 0.231. The highest BCUT2D eigenvalue weighted by Crippen LogP contribution is 2.33. The average molecular weight is 249 g/mol. The Morgan fingerprint density at radius 1 is 1.18 bits per heavy atom. The second-order valence-corrected chi connectivity index (χ2v) is 4.58. The van der Waals surface area contributed by atoms with E-state index in [4.69, 9.17) is 15.2 Å². The van der Waals surface area contributed by atoms with Crippen LogP contribution in [0.5, 0.6) is 11.5 Å². The summed E-state index contributed by atoms with van der Waals surface area (Å²) in [5.41, 5.74) is 7.17. The molecule has 0 bridgehead atoms. The van der Waals surface area contributed by atoms with Crippen molar-refractivity contribution in [2.75, 3.05) is 14.2 Å². The van der Waals surface area contributed by atoms with E-state index in [1.807, 2.05) is 35.7 Å². The van der Waals surface area contributed by atoms with Gasteiger partial charge in [-0.3, -0.25) is 0 Å². The highest BCUT2D eigenvalue weighted by molar-refractivity contribution is 7.10. The molecule has 0 amide bonds. The second kappa shape index (κ2) is 5.21. The van der Waals surface area contributed by atoms with Crippen molar-refractivity contribution >= 4 is 11.3 Å². The zero-order valence-corrected chi connectivity index (χ0v) is 10.7. The molecule has 1 heterocycles. The van der Waals surface area contributed by atoms with Crippen molar-refractivity contribution in [3.05, 3.63) is 46.2 Å². The Morgan fingerprint density at radius 3 is 2.59 bits per heavy atom. The fourth-order valence-corrected chi connectivity index (χ4v) is 2.45. The smallest absolute Gasteiger partial charge is 0.124 e. The first-order valence-corrected chi connectivity index (χ1v) is 6.15. The van der Waals surface area contributed by atoms with Gasteiger partial charge in [0, 0.05) is 10.4 Å². The third-order valence-corrected chi connectivity index (χ3v) is 3.58. The molecule has 0 fully saturated rings. The van der Waals surface area contributed by atoms with Gasteiger partial charge in [-0.1, -0.05) is 6.07 Å². The van der Waals surface area contributed by atoms with Crippen molar-refractivity contribution in [1.29, 1.82) is 0 Å². The number of thiophene rings is 1. The number of hydrogen-bond donors (Lipinski definition) is 1. The normalized spacial score (nSPS) is 12.2. The predicted molar refractivity (Wildman–Crippen MR) is 69.9 cm³/mol. The molecule has 2 N–H and O–H groups in total. The van der Waals surface area contributed by atoms with Crippen LogP contribution in [0.2, 0.25) is 0 Å². The molecule has 3 nitrogen and oxygen atoms in total. The molecule has 0 saturated carbocycles. The third kappa shape index (κ3) is 2.43. The van der Waals surface area contributed by atoms with Crippen molar-refractivity contribution in [3.63, 3.8) is 0 Å². The van der Waals surface area contributed by atoms with Crippen LogP contribution in [0.15, 0.2) is 35.7 Å². The zero-order valence-electron chi connectivity index (χ0n) is 9.84. The number of nitrogens with two attached hydrogens (primary N) is 1. The topological polar surface area (TPSA) is 44.5 Å². The zero-order chi connectivity index (χ0) is 12.3. The van der Waals surface area contributed by atoms with E-state index in [9.17, 15) is 0 Å². The molecule has 0 aliphatic heterocycles. The lowest BCUT2D eigenvalue weighted by Gasteiger charge is -2.15. The summed E-state index contributed by atoms with van der Waals surface area (Å²) in [7, 11) is 3.29. The molecular weight excluding hydrogens is 234 g/mol. The second-order valence-electron chi connectivity index (χ2n) is 3.60. The fourth-order valence-electron chi connectivity index (χ4n) is 1.70. The van der Waals surface area contributed by atoms with Crippen LogP contribution in [-0.4, -0.2) is 14.2 Å². The maximum Gasteiger partial charge on any atom is 0.124 e. The Bertz CT molecular complexity index is 482. The van der Waals surface area contributed by atoms with Gasteiger partial charge in [-0.05, 0) is 29.6 Å². The van der Waals surface area contributed by atoms with Gasteiger partial charge in [-0.2, -0.15) is 0 Å². The summed E-state index contributed by atoms with van der Waals surface area (Å²) >= 11 is 1.64. The van der Waals surface area contributed by atoms with Crippen LogP contribution < -0.4 is 15.2 Å². The standard InChI is InChI=1S/C13H15NO2S/c1-15-9-5-6-11(16-2)10(8-9)13(14)12-4-3-7-17-12/h3-8,13H,14H2,1-2H3. The largest absolute Gasteiger partial charge is 0.497 e. The van der Waals surface area contributed by atoms with Gasteiger partial charge in [0.15, 0.2) is 0 Å². The lowest BCUT2D eigenvalue weighted by Crippen LogP contribution is -2.11. The van der Waals surface area contributed by atoms with Crippen molar-refractivity contribution in [2.45, 2.75) is 6.04 Å². The van der Waals surface area contributed by atoms with Crippen LogP contribution in [0, 0.1) is 0 Å². The molecule has 1 aromatic heterocycles. The lowest BCUT2D eigenvalue weighted by atomic mass is 10.0. The van der Waals surface area contributed by atoms with E-state index in [0.717, 1.165) is 21.9 Å². The summed E-state index contributed by atoms with van der Waals surface area (Å²) in [5, 5.41) is 2.02. The molecule has 17 heavy (non-hydrogen) atoms. The average Bonchev–Trinajstić information content (AvgIpc) is 2.91. The molecule has 1 atom stereocenters. The molecule has 2 rings (SSSR count). The van der Waals surface area contributed by atoms with Crippen LogP contribution in [0.4, 0.5) is 0 Å². The minimum Gasteiger partial charge on any atom is -0.497 e. The Hall–Kier alpha value is -1.52. The van der Waals surface area contributed by atoms with Crippen LogP contribution in [0.3, 0.4) is 0 Å². The highest BCUT2D eigenvalue weighted by Gasteiger charge is 2.15. The number of rotatable bonds is 4. The summed E-state index contributed by atoms with van der Waals surface area (Å²) in [6.45, 7) is 0. The van der Waals surface area contributed by atoms with Crippen LogP contribution in [-0.2, 0) is 0 Å². The molecule has 4 heteroatoms. The quantitative estimate of drug-likeness (QED) is 0.906. The van der Waals surface area contributed by atoms with E-state index in [1.54, 1.807) is 25.6 Å². The van der Waals surface area contributed by atoms with Crippen LogP contribution >= 0.6 is 11.3 Å². The molecule has 2 aromatic rings. The van der Waals surface area contributed by atoms with Gasteiger partial charge in [0.05, 0.1) is 20.3 Å². The van der Waals surface area contributed by atoms with Crippen molar-refractivity contribution in [3.8, 4) is 11.5 Å². The van der Waals surface area contributed by atoms with Gasteiger partial charge in [0.2, 0.25) is 0 Å². The first-order valence-electron chi connectivity index (χ1n) is 5.27. The van der Waals surface area contributed by atoms with Crippen molar-refractivity contribution in [2.24, 2.45) is 5.73 Å². The predicted octanol–water partition coefficient (Wildman–Crippen LogP) is 2.81. The first kappa shape index (κ1) is 12.0. The van der Waals surface area contributed by atoms with E-state index >= 15 is 0 Å². The monoisotopic (exact) mass is 249 g/mol. The Morgan fingerprint density at radius 2 is 2.00 bits per heavy atom. The number of ether oxygens (including phenoxy) is 2. The van der Waals surface area contributed by atoms with Crippen molar-refractivity contribution < 1.29 is 9.47 Å². The van der Waals surface area contributed by atoms with Gasteiger partial charge in [-0.15, -0.1) is 11.3 Å². The minimum absolute atomic E-state index is 0.181. The number of methoxy groups -OCH3 is 2. The molecule has 0 aliphatic rings. The minimum atomic E-state index is -0.181. The summed E-state index contributed by atoms with van der Waals surface area (Å²) in [4.78, 5) is 1.11. The SMILES string of the molecule is COc1ccc(OC)c(C(N)c2cccs2)c1. The van der Waals surface area contributed by atoms with Gasteiger partial charge in [0.1, 0.15) is 11.5 Å². The number of hydrogen-bond acceptors (Lipinski definition) is 4. The molecule has 1 aromatic carbocycles. The Balaban J connectivity index is 2.41. The molecule has 0 spiro atoms. The Kier molecular flexibility index (Phi) is 3.66. The lowest BCUT2D eigenvalue weighted by molar-refractivity contribution is 0.397. The van der Waals surface area contributed by atoms with Gasteiger partial charge < -0.3 is 15.2 Å². The maximum absolute atomic E-state index is 6.24. The van der Waals surface area contributed by atoms with Crippen LogP contribution in [0.25, 0.3) is 0 Å². The molecular formula is C13H15NO2S. The molecule has 0 radical (unpaired) electrons. The summed E-state index contributed by atoms with van der Waals surface area (Å²) in [5.74, 6) is 1.57. The van der Waals surface area contributed by atoms with Gasteiger partial charge in [-0.25, -0.2) is 0 Å². The highest BCUT2D eigenvalue weighted by atomic mass is 32.1. The molecule has 1 unspecified atom stereocenters. The van der Waals surface area contributed by atoms with Gasteiger partial charge >= 0.3 is 0 Å². The Labute approximate surface area is 105 Å². The number of benzene rings is 1. The van der Waals surface area contributed by atoms with E-state index in [-0.39, 0.29) is 6.04 Å². The summed E-state index contributed by atoms with van der Waals surface area (Å²) in [6.07, 6.45) is 0. The maximum atomic E-state index is 6.24. The van der Waals surface area contributed by atoms with E-state index in [1.165, 1.54) is 0 Å². The summed E-state index contributed by atoms with van der Waals surface area (Å²) < 4.78 is 10.5.